The number of pyridine rings is 1. The summed E-state index contributed by atoms with van der Waals surface area (Å²) >= 11 is 0. The van der Waals surface area contributed by atoms with Crippen LogP contribution in [0.5, 0.6) is 0 Å². The maximum Gasteiger partial charge on any atom is 0.255 e. The van der Waals surface area contributed by atoms with Gasteiger partial charge in [0.2, 0.25) is 5.91 Å². The van der Waals surface area contributed by atoms with E-state index < -0.39 is 0 Å². The number of para-hydroxylation sites is 2. The number of hydrogen-bond acceptors (Lipinski definition) is 5. The van der Waals surface area contributed by atoms with E-state index in [9.17, 15) is 9.59 Å². The van der Waals surface area contributed by atoms with E-state index >= 15 is 0 Å². The first-order valence-electron chi connectivity index (χ1n) is 10.7. The van der Waals surface area contributed by atoms with Crippen LogP contribution < -0.4 is 10.9 Å². The Morgan fingerprint density at radius 3 is 2.62 bits per heavy atom. The molecule has 2 atom stereocenters. The minimum atomic E-state index is -0.324. The lowest BCUT2D eigenvalue weighted by Crippen LogP contribution is -2.35. The van der Waals surface area contributed by atoms with Crippen molar-refractivity contribution in [1.82, 2.24) is 30.2 Å². The van der Waals surface area contributed by atoms with Crippen molar-refractivity contribution in [3.05, 3.63) is 76.2 Å². The number of carbonyl (C=O) groups excluding carboxylic acids is 1. The van der Waals surface area contributed by atoms with Gasteiger partial charge in [0.15, 0.2) is 0 Å². The van der Waals surface area contributed by atoms with E-state index in [1.165, 1.54) is 0 Å². The van der Waals surface area contributed by atoms with Crippen LogP contribution in [0.15, 0.2) is 53.6 Å². The van der Waals surface area contributed by atoms with Gasteiger partial charge in [-0.3, -0.25) is 14.6 Å². The molecule has 3 aromatic heterocycles. The molecule has 3 N–H and O–H groups in total. The lowest BCUT2D eigenvalue weighted by Gasteiger charge is -2.22. The van der Waals surface area contributed by atoms with E-state index in [4.69, 9.17) is 0 Å². The van der Waals surface area contributed by atoms with Crippen molar-refractivity contribution in [2.45, 2.75) is 39.7 Å². The van der Waals surface area contributed by atoms with Gasteiger partial charge in [-0.15, -0.1) is 0 Å². The molecule has 4 aromatic rings. The standard InChI is InChI=1S/C24H26N6O2/c1-4-14(2)21(23-27-18-9-5-6-10-19(18)28-23)29-20(31)12-17-15(3)26-22(30-24(17)32)16-8-7-11-25-13-16/h5-11,13-14,21H,4,12H2,1-3H3,(H,27,28)(H,29,31)(H,26,30,32). The summed E-state index contributed by atoms with van der Waals surface area (Å²) in [6, 6.07) is 11.1. The molecule has 3 heterocycles. The molecule has 0 radical (unpaired) electrons. The summed E-state index contributed by atoms with van der Waals surface area (Å²) < 4.78 is 0. The fourth-order valence-corrected chi connectivity index (χ4v) is 3.68. The Morgan fingerprint density at radius 2 is 1.94 bits per heavy atom. The average Bonchev–Trinajstić information content (AvgIpc) is 3.23. The zero-order chi connectivity index (χ0) is 22.7. The van der Waals surface area contributed by atoms with Crippen molar-refractivity contribution < 1.29 is 4.79 Å². The van der Waals surface area contributed by atoms with E-state index in [1.54, 1.807) is 25.4 Å². The predicted octanol–water partition coefficient (Wildman–Crippen LogP) is 3.46. The van der Waals surface area contributed by atoms with Crippen LogP contribution in [-0.4, -0.2) is 30.8 Å². The third kappa shape index (κ3) is 4.44. The van der Waals surface area contributed by atoms with Crippen LogP contribution in [0.1, 0.15) is 43.4 Å². The average molecular weight is 431 g/mol. The number of aromatic amines is 2. The fourth-order valence-electron chi connectivity index (χ4n) is 3.68. The van der Waals surface area contributed by atoms with Crippen LogP contribution >= 0.6 is 0 Å². The lowest BCUT2D eigenvalue weighted by atomic mass is 9.98. The van der Waals surface area contributed by atoms with Crippen molar-refractivity contribution in [3.63, 3.8) is 0 Å². The number of rotatable bonds is 7. The maximum absolute atomic E-state index is 12.9. The second-order valence-corrected chi connectivity index (χ2v) is 7.97. The Bertz CT molecular complexity index is 1260. The number of aryl methyl sites for hydroxylation is 1. The monoisotopic (exact) mass is 430 g/mol. The molecule has 0 aliphatic heterocycles. The fraction of sp³-hybridized carbons (Fsp3) is 0.292. The first-order chi connectivity index (χ1) is 15.5. The molecule has 164 valence electrons. The van der Waals surface area contributed by atoms with Crippen LogP contribution in [-0.2, 0) is 11.2 Å². The number of nitrogens with one attached hydrogen (secondary N) is 3. The first-order valence-corrected chi connectivity index (χ1v) is 10.7. The molecule has 8 heteroatoms. The van der Waals surface area contributed by atoms with E-state index in [-0.39, 0.29) is 29.8 Å². The molecule has 1 amide bonds. The molecule has 1 aromatic carbocycles. The Labute approximate surface area is 185 Å². The summed E-state index contributed by atoms with van der Waals surface area (Å²) in [5.41, 5.74) is 3.04. The number of benzene rings is 1. The summed E-state index contributed by atoms with van der Waals surface area (Å²) in [5, 5.41) is 3.07. The molecule has 0 aliphatic carbocycles. The highest BCUT2D eigenvalue weighted by Gasteiger charge is 2.24. The molecule has 4 rings (SSSR count). The van der Waals surface area contributed by atoms with Crippen molar-refractivity contribution in [2.75, 3.05) is 0 Å². The lowest BCUT2D eigenvalue weighted by molar-refractivity contribution is -0.121. The topological polar surface area (TPSA) is 116 Å². The molecular weight excluding hydrogens is 404 g/mol. The number of aromatic nitrogens is 5. The molecule has 2 unspecified atom stereocenters. The smallest absolute Gasteiger partial charge is 0.255 e. The van der Waals surface area contributed by atoms with Crippen molar-refractivity contribution in [1.29, 1.82) is 0 Å². The number of imidazole rings is 1. The normalized spacial score (nSPS) is 13.1. The van der Waals surface area contributed by atoms with Gasteiger partial charge in [0.25, 0.3) is 5.56 Å². The minimum absolute atomic E-state index is 0.0609. The van der Waals surface area contributed by atoms with Gasteiger partial charge in [-0.25, -0.2) is 9.97 Å². The first kappa shape index (κ1) is 21.4. The quantitative estimate of drug-likeness (QED) is 0.415. The molecule has 0 spiro atoms. The summed E-state index contributed by atoms with van der Waals surface area (Å²) in [5.74, 6) is 1.05. The zero-order valence-electron chi connectivity index (χ0n) is 18.3. The summed E-state index contributed by atoms with van der Waals surface area (Å²) in [4.78, 5) is 45.0. The number of fused-ring (bicyclic) bond motifs is 1. The highest BCUT2D eigenvalue weighted by molar-refractivity contribution is 5.80. The maximum atomic E-state index is 12.9. The van der Waals surface area contributed by atoms with Crippen molar-refractivity contribution in [2.24, 2.45) is 5.92 Å². The van der Waals surface area contributed by atoms with Crippen LogP contribution in [0.25, 0.3) is 22.4 Å². The van der Waals surface area contributed by atoms with E-state index in [1.807, 2.05) is 30.3 Å². The van der Waals surface area contributed by atoms with Gasteiger partial charge < -0.3 is 15.3 Å². The number of H-pyrrole nitrogens is 2. The summed E-state index contributed by atoms with van der Waals surface area (Å²) in [6.45, 7) is 5.88. The van der Waals surface area contributed by atoms with Gasteiger partial charge >= 0.3 is 0 Å². The van der Waals surface area contributed by atoms with Gasteiger partial charge in [0.05, 0.1) is 23.5 Å². The third-order valence-corrected chi connectivity index (χ3v) is 5.73. The minimum Gasteiger partial charge on any atom is -0.346 e. The number of nitrogens with zero attached hydrogens (tertiary/aromatic N) is 3. The second-order valence-electron chi connectivity index (χ2n) is 7.97. The highest BCUT2D eigenvalue weighted by atomic mass is 16.2. The SMILES string of the molecule is CCC(C)C(NC(=O)Cc1c(C)nc(-c2cccnc2)[nH]c1=O)c1nc2ccccc2[nH]1. The molecular formula is C24H26N6O2. The van der Waals surface area contributed by atoms with Crippen LogP contribution in [0.4, 0.5) is 0 Å². The molecule has 0 fully saturated rings. The zero-order valence-corrected chi connectivity index (χ0v) is 18.3. The Balaban J connectivity index is 1.56. The number of amides is 1. The molecule has 0 saturated carbocycles. The van der Waals surface area contributed by atoms with Gasteiger partial charge in [0, 0.05) is 29.2 Å². The van der Waals surface area contributed by atoms with Gasteiger partial charge in [-0.2, -0.15) is 0 Å². The van der Waals surface area contributed by atoms with E-state index in [0.717, 1.165) is 17.5 Å². The van der Waals surface area contributed by atoms with Gasteiger partial charge in [-0.05, 0) is 37.1 Å². The Kier molecular flexibility index (Phi) is 6.11. The molecule has 0 aliphatic rings. The molecule has 0 saturated heterocycles. The van der Waals surface area contributed by atoms with E-state index in [2.05, 4.69) is 44.1 Å². The molecule has 32 heavy (non-hydrogen) atoms. The van der Waals surface area contributed by atoms with Gasteiger partial charge in [-0.1, -0.05) is 32.4 Å². The molecule has 0 bridgehead atoms. The Morgan fingerprint density at radius 1 is 1.12 bits per heavy atom. The largest absolute Gasteiger partial charge is 0.346 e. The third-order valence-electron chi connectivity index (χ3n) is 5.73. The Hall–Kier alpha value is -3.81. The number of carbonyl (C=O) groups is 1. The van der Waals surface area contributed by atoms with Crippen LogP contribution in [0, 0.1) is 12.8 Å². The molecule has 8 nitrogen and oxygen atoms in total. The van der Waals surface area contributed by atoms with Crippen molar-refractivity contribution in [3.8, 4) is 11.4 Å². The van der Waals surface area contributed by atoms with Crippen LogP contribution in [0.3, 0.4) is 0 Å². The van der Waals surface area contributed by atoms with Crippen molar-refractivity contribution >= 4 is 16.9 Å². The second kappa shape index (κ2) is 9.13. The van der Waals surface area contributed by atoms with E-state index in [0.29, 0.717) is 28.5 Å². The number of hydrogen-bond donors (Lipinski definition) is 3. The predicted molar refractivity (Wildman–Crippen MR) is 123 cm³/mol. The summed E-state index contributed by atoms with van der Waals surface area (Å²) in [7, 11) is 0. The summed E-state index contributed by atoms with van der Waals surface area (Å²) in [6.07, 6.45) is 4.09. The van der Waals surface area contributed by atoms with Gasteiger partial charge in [0.1, 0.15) is 11.6 Å². The van der Waals surface area contributed by atoms with Crippen LogP contribution in [0.2, 0.25) is 0 Å². The highest BCUT2D eigenvalue weighted by Crippen LogP contribution is 2.24.